The summed E-state index contributed by atoms with van der Waals surface area (Å²) in [6.07, 6.45) is 0. The van der Waals surface area contributed by atoms with Crippen LogP contribution in [0.5, 0.6) is 0 Å². The Labute approximate surface area is 159 Å². The maximum absolute atomic E-state index is 12.7. The smallest absolute Gasteiger partial charge is 0.243 e. The molecular formula is C20H24BrNO3. The molecule has 5 heteroatoms. The Balaban J connectivity index is 0.00000225. The second-order valence-corrected chi connectivity index (χ2v) is 6.49. The minimum absolute atomic E-state index is 0. The van der Waals surface area contributed by atoms with Crippen LogP contribution in [0.1, 0.15) is 22.8 Å². The van der Waals surface area contributed by atoms with Gasteiger partial charge >= 0.3 is 0 Å². The number of hydrogen-bond donors (Lipinski definition) is 1. The Hall–Kier alpha value is -1.53. The fourth-order valence-corrected chi connectivity index (χ4v) is 3.40. The lowest BCUT2D eigenvalue weighted by Gasteiger charge is -2.46. The molecule has 1 aliphatic heterocycles. The molecule has 1 N–H and O–H groups in total. The van der Waals surface area contributed by atoms with Crippen molar-refractivity contribution in [1.29, 1.82) is 0 Å². The summed E-state index contributed by atoms with van der Waals surface area (Å²) in [6.45, 7) is 4.75. The molecule has 2 aromatic carbocycles. The number of halogens is 1. The van der Waals surface area contributed by atoms with Crippen LogP contribution in [0.25, 0.3) is 0 Å². The second-order valence-electron chi connectivity index (χ2n) is 6.49. The topological polar surface area (TPSA) is 46.5 Å². The van der Waals surface area contributed by atoms with Crippen molar-refractivity contribution in [2.24, 2.45) is 0 Å². The number of benzene rings is 2. The first-order valence-electron chi connectivity index (χ1n) is 8.42. The number of rotatable bonds is 5. The van der Waals surface area contributed by atoms with Crippen molar-refractivity contribution in [3.8, 4) is 0 Å². The summed E-state index contributed by atoms with van der Waals surface area (Å²) in [5.41, 5.74) is 1.46. The van der Waals surface area contributed by atoms with E-state index in [0.29, 0.717) is 24.2 Å². The van der Waals surface area contributed by atoms with Gasteiger partial charge in [-0.2, -0.15) is 0 Å². The van der Waals surface area contributed by atoms with Crippen LogP contribution in [0.3, 0.4) is 0 Å². The lowest BCUT2D eigenvalue weighted by molar-refractivity contribution is -0.939. The third-order valence-corrected chi connectivity index (χ3v) is 4.93. The molecule has 1 heterocycles. The highest BCUT2D eigenvalue weighted by Gasteiger charge is 2.46. The van der Waals surface area contributed by atoms with Crippen LogP contribution in [-0.2, 0) is 10.5 Å². The van der Waals surface area contributed by atoms with Gasteiger partial charge in [0.25, 0.3) is 0 Å². The van der Waals surface area contributed by atoms with Crippen molar-refractivity contribution in [3.63, 3.8) is 0 Å². The maximum atomic E-state index is 12.7. The molecule has 0 aliphatic carbocycles. The number of quaternary nitrogens is 1. The van der Waals surface area contributed by atoms with E-state index in [1.807, 2.05) is 60.7 Å². The number of Topliss-reactive ketones (excluding diaryl/α,β-unsaturated/α-hetero) is 1. The zero-order valence-electron chi connectivity index (χ0n) is 14.4. The zero-order valence-corrected chi connectivity index (χ0v) is 16.0. The number of morpholine rings is 1. The molecule has 2 aromatic rings. The Bertz CT molecular complexity index is 695. The van der Waals surface area contributed by atoms with E-state index in [1.54, 1.807) is 0 Å². The third kappa shape index (κ3) is 4.36. The van der Waals surface area contributed by atoms with Crippen LogP contribution in [-0.4, -0.2) is 48.2 Å². The zero-order chi connectivity index (χ0) is 17.0. The molecule has 0 amide bonds. The lowest BCUT2D eigenvalue weighted by atomic mass is 10.0. The molecule has 0 saturated carbocycles. The molecule has 4 nitrogen and oxygen atoms in total. The van der Waals surface area contributed by atoms with E-state index >= 15 is 0 Å². The van der Waals surface area contributed by atoms with Gasteiger partial charge < -0.3 is 31.3 Å². The number of ketones is 1. The average molecular weight is 406 g/mol. The van der Waals surface area contributed by atoms with Gasteiger partial charge in [0.1, 0.15) is 19.6 Å². The van der Waals surface area contributed by atoms with Gasteiger partial charge in [0.15, 0.2) is 0 Å². The molecule has 2 unspecified atom stereocenters. The summed E-state index contributed by atoms with van der Waals surface area (Å²) in [7, 11) is 0. The quantitative estimate of drug-likeness (QED) is 0.543. The Morgan fingerprint density at radius 3 is 2.32 bits per heavy atom. The third-order valence-electron chi connectivity index (χ3n) is 4.93. The molecule has 134 valence electrons. The minimum atomic E-state index is -1.34. The Kier molecular flexibility index (Phi) is 6.52. The first-order chi connectivity index (χ1) is 11.6. The summed E-state index contributed by atoms with van der Waals surface area (Å²) >= 11 is 0. The van der Waals surface area contributed by atoms with Gasteiger partial charge in [-0.15, -0.1) is 0 Å². The van der Waals surface area contributed by atoms with Gasteiger partial charge in [-0.1, -0.05) is 60.7 Å². The molecule has 0 bridgehead atoms. The maximum Gasteiger partial charge on any atom is 0.243 e. The van der Waals surface area contributed by atoms with E-state index in [9.17, 15) is 9.90 Å². The summed E-state index contributed by atoms with van der Waals surface area (Å²) in [4.78, 5) is 12.7. The molecule has 0 aromatic heterocycles. The van der Waals surface area contributed by atoms with Crippen molar-refractivity contribution in [3.05, 3.63) is 71.8 Å². The van der Waals surface area contributed by atoms with Crippen LogP contribution in [0.15, 0.2) is 60.7 Å². The van der Waals surface area contributed by atoms with Gasteiger partial charge in [0.2, 0.25) is 11.6 Å². The monoisotopic (exact) mass is 405 g/mol. The highest BCUT2D eigenvalue weighted by Crippen LogP contribution is 2.31. The van der Waals surface area contributed by atoms with Gasteiger partial charge in [0, 0.05) is 11.1 Å². The van der Waals surface area contributed by atoms with E-state index < -0.39 is 5.79 Å². The highest BCUT2D eigenvalue weighted by molar-refractivity contribution is 5.96. The molecule has 1 fully saturated rings. The number of aliphatic hydroxyl groups is 1. The molecule has 0 radical (unpaired) electrons. The predicted molar refractivity (Wildman–Crippen MR) is 92.5 cm³/mol. The Morgan fingerprint density at radius 2 is 1.72 bits per heavy atom. The van der Waals surface area contributed by atoms with Crippen LogP contribution in [0, 0.1) is 0 Å². The lowest BCUT2D eigenvalue weighted by Crippen LogP contribution is -3.00. The van der Waals surface area contributed by atoms with E-state index in [0.717, 1.165) is 24.2 Å². The van der Waals surface area contributed by atoms with Crippen LogP contribution >= 0.6 is 0 Å². The number of nitrogens with zero attached hydrogens (tertiary/aromatic N) is 1. The van der Waals surface area contributed by atoms with Crippen molar-refractivity contribution in [2.75, 3.05) is 32.8 Å². The van der Waals surface area contributed by atoms with Crippen molar-refractivity contribution >= 4 is 5.78 Å². The Morgan fingerprint density at radius 1 is 1.12 bits per heavy atom. The highest BCUT2D eigenvalue weighted by atomic mass is 79.9. The number of likely N-dealkylation sites (N-methyl/N-ethyl adjacent to an activating group) is 1. The van der Waals surface area contributed by atoms with Crippen LogP contribution in [0.4, 0.5) is 0 Å². The molecule has 0 spiro atoms. The van der Waals surface area contributed by atoms with E-state index in [2.05, 4.69) is 6.92 Å². The molecule has 1 saturated heterocycles. The standard InChI is InChI=1S/C20H24NO3.BrH/c1-2-21(15-19(22)17-9-5-3-6-10-17)13-14-24-20(23,16-21)18-11-7-4-8-12-18;/h3-12,23H,2,13-16H2,1H3;1H/q+1;/p-1. The van der Waals surface area contributed by atoms with Gasteiger partial charge in [-0.25, -0.2) is 0 Å². The number of carbonyl (C=O) groups is 1. The van der Waals surface area contributed by atoms with Crippen molar-refractivity contribution < 1.29 is 36.1 Å². The molecule has 3 rings (SSSR count). The first kappa shape index (κ1) is 19.8. The summed E-state index contributed by atoms with van der Waals surface area (Å²) < 4.78 is 6.25. The summed E-state index contributed by atoms with van der Waals surface area (Å²) in [5.74, 6) is -1.23. The number of carbonyl (C=O) groups excluding carboxylic acids is 1. The van der Waals surface area contributed by atoms with Crippen molar-refractivity contribution in [1.82, 2.24) is 0 Å². The fraction of sp³-hybridized carbons (Fsp3) is 0.350. The van der Waals surface area contributed by atoms with Crippen molar-refractivity contribution in [2.45, 2.75) is 12.7 Å². The minimum Gasteiger partial charge on any atom is -1.00 e. The summed E-state index contributed by atoms with van der Waals surface area (Å²) in [5, 5.41) is 11.0. The van der Waals surface area contributed by atoms with Gasteiger partial charge in [-0.05, 0) is 6.92 Å². The van der Waals surface area contributed by atoms with E-state index in [-0.39, 0.29) is 22.8 Å². The van der Waals surface area contributed by atoms with Gasteiger partial charge in [-0.3, -0.25) is 4.79 Å². The molecule has 2 atom stereocenters. The number of hydrogen-bond acceptors (Lipinski definition) is 3. The van der Waals surface area contributed by atoms with Crippen LogP contribution < -0.4 is 17.0 Å². The van der Waals surface area contributed by atoms with Gasteiger partial charge in [0.05, 0.1) is 13.2 Å². The molecular weight excluding hydrogens is 382 g/mol. The normalized spacial score (nSPS) is 25.8. The predicted octanol–water partition coefficient (Wildman–Crippen LogP) is -0.414. The SMILES string of the molecule is CC[N+]1(CC(=O)c2ccccc2)CCOC(O)(c2ccccc2)C1.[Br-]. The van der Waals surface area contributed by atoms with Crippen LogP contribution in [0.2, 0.25) is 0 Å². The van der Waals surface area contributed by atoms with E-state index in [4.69, 9.17) is 4.74 Å². The molecule has 25 heavy (non-hydrogen) atoms. The number of ether oxygens (including phenoxy) is 1. The summed E-state index contributed by atoms with van der Waals surface area (Å²) in [6, 6.07) is 18.8. The second kappa shape index (κ2) is 8.23. The fourth-order valence-electron chi connectivity index (χ4n) is 3.40. The van der Waals surface area contributed by atoms with E-state index in [1.165, 1.54) is 0 Å². The first-order valence-corrected chi connectivity index (χ1v) is 8.42. The average Bonchev–Trinajstić information content (AvgIpc) is 2.63. The largest absolute Gasteiger partial charge is 1.00 e. The molecule has 1 aliphatic rings.